The molecule has 25 heavy (non-hydrogen) atoms. The van der Waals surface area contributed by atoms with E-state index < -0.39 is 10.0 Å². The van der Waals surface area contributed by atoms with Gasteiger partial charge in [0.15, 0.2) is 0 Å². The minimum atomic E-state index is -3.45. The van der Waals surface area contributed by atoms with Crippen molar-refractivity contribution in [3.05, 3.63) is 29.8 Å². The van der Waals surface area contributed by atoms with Gasteiger partial charge in [-0.3, -0.25) is 4.79 Å². The molecular weight excluding hydrogens is 340 g/mol. The summed E-state index contributed by atoms with van der Waals surface area (Å²) in [6, 6.07) is 6.60. The van der Waals surface area contributed by atoms with Crippen LogP contribution in [0.4, 0.5) is 0 Å². The van der Waals surface area contributed by atoms with Crippen molar-refractivity contribution in [3.8, 4) is 0 Å². The number of hydrogen-bond acceptors (Lipinski definition) is 4. The lowest BCUT2D eigenvalue weighted by atomic mass is 10.1. The normalized spacial score (nSPS) is 19.0. The van der Waals surface area contributed by atoms with Crippen LogP contribution < -0.4 is 0 Å². The lowest BCUT2D eigenvalue weighted by Crippen LogP contribution is -2.41. The number of amides is 1. The molecule has 1 saturated heterocycles. The number of hydrogen-bond donors (Lipinski definition) is 1. The third-order valence-corrected chi connectivity index (χ3v) is 6.55. The van der Waals surface area contributed by atoms with Crippen LogP contribution in [0.25, 0.3) is 0 Å². The van der Waals surface area contributed by atoms with Gasteiger partial charge in [-0.05, 0) is 37.0 Å². The van der Waals surface area contributed by atoms with Crippen molar-refractivity contribution < 1.29 is 18.3 Å². The van der Waals surface area contributed by atoms with Crippen LogP contribution in [0.5, 0.6) is 0 Å². The third kappa shape index (κ3) is 5.03. The van der Waals surface area contributed by atoms with E-state index in [0.717, 1.165) is 37.8 Å². The highest BCUT2D eigenvalue weighted by Crippen LogP contribution is 2.21. The van der Waals surface area contributed by atoms with E-state index in [2.05, 4.69) is 0 Å². The fourth-order valence-electron chi connectivity index (χ4n) is 3.22. The number of carbonyl (C=O) groups excluding carboxylic acids is 1. The predicted octanol–water partition coefficient (Wildman–Crippen LogP) is 1.63. The average molecular weight is 368 g/mol. The first kappa shape index (κ1) is 19.9. The minimum Gasteiger partial charge on any atom is -0.396 e. The zero-order chi connectivity index (χ0) is 18.4. The molecule has 140 valence electrons. The molecule has 0 aliphatic carbocycles. The Kier molecular flexibility index (Phi) is 6.98. The van der Waals surface area contributed by atoms with E-state index in [-0.39, 0.29) is 29.9 Å². The van der Waals surface area contributed by atoms with Crippen molar-refractivity contribution in [1.82, 2.24) is 9.21 Å². The zero-order valence-corrected chi connectivity index (χ0v) is 15.8. The number of likely N-dealkylation sites (tertiary alicyclic amines) is 1. The Hall–Kier alpha value is -1.44. The number of rotatable bonds is 6. The summed E-state index contributed by atoms with van der Waals surface area (Å²) in [5.74, 6) is 0.0450. The molecule has 6 nitrogen and oxygen atoms in total. The molecule has 2 rings (SSSR count). The van der Waals surface area contributed by atoms with Crippen LogP contribution in [0, 0.1) is 0 Å². The Morgan fingerprint density at radius 2 is 1.88 bits per heavy atom. The molecule has 1 N–H and O–H groups in total. The molecule has 0 bridgehead atoms. The van der Waals surface area contributed by atoms with Gasteiger partial charge in [-0.1, -0.05) is 25.0 Å². The second-order valence-corrected chi connectivity index (χ2v) is 8.86. The van der Waals surface area contributed by atoms with Gasteiger partial charge < -0.3 is 10.0 Å². The van der Waals surface area contributed by atoms with Gasteiger partial charge in [0.1, 0.15) is 0 Å². The minimum absolute atomic E-state index is 0.0450. The highest BCUT2D eigenvalue weighted by Gasteiger charge is 2.25. The molecule has 1 aliphatic rings. The van der Waals surface area contributed by atoms with Gasteiger partial charge in [-0.25, -0.2) is 12.7 Å². The summed E-state index contributed by atoms with van der Waals surface area (Å²) in [5, 5.41) is 9.25. The molecule has 1 aromatic rings. The summed E-state index contributed by atoms with van der Waals surface area (Å²) in [5.41, 5.74) is 0.801. The van der Waals surface area contributed by atoms with E-state index in [4.69, 9.17) is 0 Å². The number of nitrogens with zero attached hydrogens (tertiary/aromatic N) is 2. The highest BCUT2D eigenvalue weighted by atomic mass is 32.2. The van der Waals surface area contributed by atoms with E-state index in [0.29, 0.717) is 6.42 Å². The second-order valence-electron chi connectivity index (χ2n) is 6.71. The largest absolute Gasteiger partial charge is 0.396 e. The molecule has 0 aromatic heterocycles. The SMILES string of the molecule is CN(C)S(=O)(=O)c1ccc(CC(=O)N2CCCCCC2CCO)cc1. The van der Waals surface area contributed by atoms with E-state index >= 15 is 0 Å². The van der Waals surface area contributed by atoms with Crippen molar-refractivity contribution >= 4 is 15.9 Å². The fraction of sp³-hybridized carbons (Fsp3) is 0.611. The molecule has 0 saturated carbocycles. The van der Waals surface area contributed by atoms with Crippen molar-refractivity contribution in [3.63, 3.8) is 0 Å². The zero-order valence-electron chi connectivity index (χ0n) is 15.0. The first-order valence-electron chi connectivity index (χ1n) is 8.78. The van der Waals surface area contributed by atoms with Crippen LogP contribution in [0.15, 0.2) is 29.2 Å². The van der Waals surface area contributed by atoms with Gasteiger partial charge in [0.2, 0.25) is 15.9 Å². The van der Waals surface area contributed by atoms with Crippen molar-refractivity contribution in [2.45, 2.75) is 49.5 Å². The Morgan fingerprint density at radius 1 is 1.20 bits per heavy atom. The number of sulfonamides is 1. The van der Waals surface area contributed by atoms with Crippen LogP contribution in [0.2, 0.25) is 0 Å². The second kappa shape index (κ2) is 8.78. The topological polar surface area (TPSA) is 77.9 Å². The summed E-state index contributed by atoms with van der Waals surface area (Å²) in [7, 11) is -0.466. The predicted molar refractivity (Wildman–Crippen MR) is 96.7 cm³/mol. The average Bonchev–Trinajstić information content (AvgIpc) is 2.81. The molecule has 1 heterocycles. The van der Waals surface area contributed by atoms with E-state index in [1.807, 2.05) is 4.90 Å². The van der Waals surface area contributed by atoms with E-state index in [1.165, 1.54) is 18.4 Å². The van der Waals surface area contributed by atoms with Gasteiger partial charge >= 0.3 is 0 Å². The molecule has 1 aliphatic heterocycles. The standard InChI is InChI=1S/C18H28N2O4S/c1-19(2)25(23,24)17-9-7-15(8-10-17)14-18(22)20-12-5-3-4-6-16(20)11-13-21/h7-10,16,21H,3-6,11-14H2,1-2H3. The molecule has 1 aromatic carbocycles. The Balaban J connectivity index is 2.09. The molecule has 1 atom stereocenters. The van der Waals surface area contributed by atoms with Gasteiger partial charge in [0.05, 0.1) is 11.3 Å². The molecule has 0 spiro atoms. The third-order valence-electron chi connectivity index (χ3n) is 4.72. The Bertz CT molecular complexity index is 671. The summed E-state index contributed by atoms with van der Waals surface area (Å²) < 4.78 is 25.4. The van der Waals surface area contributed by atoms with Crippen LogP contribution in [-0.4, -0.2) is 61.9 Å². The fourth-order valence-corrected chi connectivity index (χ4v) is 4.12. The number of aliphatic hydroxyl groups is 1. The molecule has 0 radical (unpaired) electrons. The highest BCUT2D eigenvalue weighted by molar-refractivity contribution is 7.89. The van der Waals surface area contributed by atoms with Crippen molar-refractivity contribution in [2.75, 3.05) is 27.2 Å². The molecule has 7 heteroatoms. The first-order chi connectivity index (χ1) is 11.9. The maximum atomic E-state index is 12.7. The van der Waals surface area contributed by atoms with Crippen LogP contribution in [0.1, 0.15) is 37.7 Å². The number of aliphatic hydroxyl groups excluding tert-OH is 1. The van der Waals surface area contributed by atoms with Crippen molar-refractivity contribution in [2.24, 2.45) is 0 Å². The van der Waals surface area contributed by atoms with Gasteiger partial charge in [0.25, 0.3) is 0 Å². The lowest BCUT2D eigenvalue weighted by molar-refractivity contribution is -0.133. The molecule has 1 fully saturated rings. The monoisotopic (exact) mass is 368 g/mol. The molecular formula is C18H28N2O4S. The first-order valence-corrected chi connectivity index (χ1v) is 10.2. The summed E-state index contributed by atoms with van der Waals surface area (Å²) in [6.45, 7) is 0.822. The smallest absolute Gasteiger partial charge is 0.242 e. The van der Waals surface area contributed by atoms with Gasteiger partial charge in [-0.15, -0.1) is 0 Å². The van der Waals surface area contributed by atoms with E-state index in [9.17, 15) is 18.3 Å². The lowest BCUT2D eigenvalue weighted by Gasteiger charge is -2.30. The molecule has 1 amide bonds. The van der Waals surface area contributed by atoms with Crippen LogP contribution in [0.3, 0.4) is 0 Å². The van der Waals surface area contributed by atoms with E-state index in [1.54, 1.807) is 24.3 Å². The number of benzene rings is 1. The van der Waals surface area contributed by atoms with Gasteiger partial charge in [0, 0.05) is 33.3 Å². The van der Waals surface area contributed by atoms with Crippen LogP contribution in [-0.2, 0) is 21.2 Å². The summed E-state index contributed by atoms with van der Waals surface area (Å²) in [4.78, 5) is 14.8. The van der Waals surface area contributed by atoms with Crippen LogP contribution >= 0.6 is 0 Å². The van der Waals surface area contributed by atoms with Crippen molar-refractivity contribution in [1.29, 1.82) is 0 Å². The maximum Gasteiger partial charge on any atom is 0.242 e. The maximum absolute atomic E-state index is 12.7. The number of carbonyl (C=O) groups is 1. The van der Waals surface area contributed by atoms with Gasteiger partial charge in [-0.2, -0.15) is 0 Å². The summed E-state index contributed by atoms with van der Waals surface area (Å²) >= 11 is 0. The Morgan fingerprint density at radius 3 is 2.48 bits per heavy atom. The molecule has 1 unspecified atom stereocenters. The quantitative estimate of drug-likeness (QED) is 0.828. The summed E-state index contributed by atoms with van der Waals surface area (Å²) in [6.07, 6.45) is 5.00. The Labute approximate surface area is 150 Å².